The van der Waals surface area contributed by atoms with Gasteiger partial charge in [-0.15, -0.1) is 0 Å². The molecule has 0 bridgehead atoms. The van der Waals surface area contributed by atoms with Crippen molar-refractivity contribution in [2.75, 3.05) is 101 Å². The summed E-state index contributed by atoms with van der Waals surface area (Å²) in [5.41, 5.74) is 10.2. The minimum Gasteiger partial charge on any atom is -0.504 e. The summed E-state index contributed by atoms with van der Waals surface area (Å²) in [6.45, 7) is 11.5. The Kier molecular flexibility index (Phi) is 25.9. The summed E-state index contributed by atoms with van der Waals surface area (Å²) in [5, 5.41) is 24.6. The first-order chi connectivity index (χ1) is 65.1. The molecular weight excluding hydrogens is 1720 g/mol. The second kappa shape index (κ2) is 38.3. The Morgan fingerprint density at radius 1 is 0.493 bits per heavy atom. The molecule has 1 N–H and O–H groups in total. The van der Waals surface area contributed by atoms with E-state index in [1.54, 1.807) is 87.9 Å². The van der Waals surface area contributed by atoms with Gasteiger partial charge in [-0.25, -0.2) is 0 Å². The number of halogens is 1. The van der Waals surface area contributed by atoms with Crippen molar-refractivity contribution in [3.8, 4) is 103 Å². The van der Waals surface area contributed by atoms with Crippen molar-refractivity contribution in [1.82, 2.24) is 43.1 Å². The fraction of sp³-hybridized carbons (Fsp3) is 0.358. The van der Waals surface area contributed by atoms with Crippen LogP contribution in [0.3, 0.4) is 0 Å². The van der Waals surface area contributed by atoms with Crippen LogP contribution in [-0.2, 0) is 34.2 Å². The van der Waals surface area contributed by atoms with E-state index in [2.05, 4.69) is 63.0 Å². The molecule has 5 fully saturated rings. The topological polar surface area (TPSA) is 269 Å². The van der Waals surface area contributed by atoms with E-state index >= 15 is 0 Å². The van der Waals surface area contributed by atoms with Crippen molar-refractivity contribution < 1.29 is 82.6 Å². The predicted octanol–water partition coefficient (Wildman–Crippen LogP) is 18.9. The summed E-state index contributed by atoms with van der Waals surface area (Å²) in [6, 6.07) is 64.9. The lowest BCUT2D eigenvalue weighted by atomic mass is 9.81. The molecule has 8 aromatic carbocycles. The van der Waals surface area contributed by atoms with Gasteiger partial charge in [0.05, 0.1) is 98.9 Å². The van der Waals surface area contributed by atoms with Crippen molar-refractivity contribution in [1.29, 1.82) is 5.26 Å². The standard InChI is InChI=1S/C29H31ClN2O4.C27H30N2O5.C26H29N3O4.C24H21N3O4.H2/c1-34-26-17-21(8-11-24(26)35-19-20-5-2-3-6-20)28(33)31-15-12-29(13-16-31)27-7-4-14-32(27)23-10-9-22(30)18-25(23)36-29;1-19(31-2)18-33-23-11-10-20(17-24(23)32-3)26(30)28-15-12-27(13-16-28)25-9-6-14-29(25)21-7-4-5-8-22(21)34-27;1-17(2)32-23-15-18(31-4)9-10-20(23)25(30)29-13-11-26(12-14-29)21-16-27-28(3)24(21)19-7-5-6-8-22(19)33-26;1-30-21-14-16(6-8-19(21)28)23(29)26-12-10-24(11-13-26)22-9-7-17(15-25)27(22)18-4-2-3-5-20(18)31-24;/h4,7-11,14,17-18,20H,2-3,5-6,12-13,15-16,19H2,1H3;4-11,14,17,19H,12-13,15-16,18H2,1-3H3;5-10,15-17H,11-14H2,1-4H3;2-9,14,28H,10-13H2,1H3;1H/t;19-;;;/m.1.../s1. The second-order valence-electron chi connectivity index (χ2n) is 35.7. The van der Waals surface area contributed by atoms with Gasteiger partial charge >= 0.3 is 0 Å². The number of nitriles is 1. The molecular formula is C106H113ClN10O17. The van der Waals surface area contributed by atoms with Crippen LogP contribution in [0.1, 0.15) is 169 Å². The molecule has 4 amide bonds. The predicted molar refractivity (Wildman–Crippen MR) is 506 cm³/mol. The van der Waals surface area contributed by atoms with Crippen LogP contribution < -0.4 is 52.1 Å². The van der Waals surface area contributed by atoms with Crippen LogP contribution in [0, 0.1) is 17.2 Å². The number of methoxy groups -OCH3 is 5. The number of fused-ring (bicyclic) bond motifs is 16. The Balaban J connectivity index is 0.000000125. The number of hydrogen-bond donors (Lipinski definition) is 1. The molecule has 27 nitrogen and oxygen atoms in total. The number of nitrogens with zero attached hydrogens (tertiary/aromatic N) is 10. The number of carbonyl (C=O) groups excluding carboxylic acids is 4. The maximum atomic E-state index is 13.5. The van der Waals surface area contributed by atoms with Gasteiger partial charge in [-0.1, -0.05) is 60.8 Å². The molecule has 12 aromatic rings. The Bertz CT molecular complexity index is 6390. The summed E-state index contributed by atoms with van der Waals surface area (Å²) < 4.78 is 79.1. The average molecular weight is 1830 g/mol. The lowest BCUT2D eigenvalue weighted by Crippen LogP contribution is -2.50. The zero-order chi connectivity index (χ0) is 93.2. The summed E-state index contributed by atoms with van der Waals surface area (Å²) in [7, 11) is 9.87. The second-order valence-corrected chi connectivity index (χ2v) is 36.1. The van der Waals surface area contributed by atoms with E-state index in [4.69, 9.17) is 68.4 Å². The quantitative estimate of drug-likeness (QED) is 0.0887. The Morgan fingerprint density at radius 3 is 1.54 bits per heavy atom. The number of likely N-dealkylation sites (tertiary alicyclic amines) is 4. The summed E-state index contributed by atoms with van der Waals surface area (Å²) in [5.74, 6) is 7.64. The van der Waals surface area contributed by atoms with Gasteiger partial charge in [-0.2, -0.15) is 10.4 Å². The van der Waals surface area contributed by atoms with Crippen molar-refractivity contribution in [3.63, 3.8) is 0 Å². The number of rotatable bonds is 17. The number of para-hydroxylation sites is 5. The molecule has 28 heteroatoms. The molecule has 4 spiro atoms. The number of piperidine rings is 4. The number of aromatic hydroxyl groups is 1. The maximum absolute atomic E-state index is 13.5. The first-order valence-corrected chi connectivity index (χ1v) is 46.3. The highest BCUT2D eigenvalue weighted by Crippen LogP contribution is 2.53. The van der Waals surface area contributed by atoms with Crippen molar-refractivity contribution in [2.24, 2.45) is 13.0 Å². The fourth-order valence-electron chi connectivity index (χ4n) is 20.1. The molecule has 9 aliphatic rings. The molecule has 696 valence electrons. The van der Waals surface area contributed by atoms with Gasteiger partial charge in [0.15, 0.2) is 51.3 Å². The van der Waals surface area contributed by atoms with Crippen LogP contribution in [0.4, 0.5) is 0 Å². The van der Waals surface area contributed by atoms with Crippen molar-refractivity contribution in [2.45, 2.75) is 132 Å². The number of phenolic OH excluding ortho intramolecular Hbond substituents is 1. The van der Waals surface area contributed by atoms with Crippen LogP contribution in [0.25, 0.3) is 28.3 Å². The van der Waals surface area contributed by atoms with Gasteiger partial charge < -0.3 is 90.7 Å². The van der Waals surface area contributed by atoms with Gasteiger partial charge in [0.1, 0.15) is 58.5 Å². The van der Waals surface area contributed by atoms with E-state index in [0.717, 1.165) is 86.8 Å². The van der Waals surface area contributed by atoms with E-state index in [1.165, 1.54) is 38.9 Å². The van der Waals surface area contributed by atoms with Crippen molar-refractivity contribution in [3.05, 3.63) is 274 Å². The molecule has 1 aliphatic carbocycles. The van der Waals surface area contributed by atoms with Crippen molar-refractivity contribution >= 4 is 35.2 Å². The molecule has 0 unspecified atom stereocenters. The van der Waals surface area contributed by atoms with Gasteiger partial charge in [-0.3, -0.25) is 28.4 Å². The number of amides is 4. The first-order valence-electron chi connectivity index (χ1n) is 46.0. The highest BCUT2D eigenvalue weighted by Gasteiger charge is 2.51. The third-order valence-corrected chi connectivity index (χ3v) is 27.6. The van der Waals surface area contributed by atoms with E-state index in [9.17, 15) is 29.5 Å². The van der Waals surface area contributed by atoms with E-state index in [-0.39, 0.29) is 48.8 Å². The monoisotopic (exact) mass is 1830 g/mol. The van der Waals surface area contributed by atoms with Gasteiger partial charge in [0, 0.05) is 177 Å². The molecule has 4 saturated heterocycles. The molecule has 1 saturated carbocycles. The van der Waals surface area contributed by atoms with Crippen LogP contribution in [0.5, 0.6) is 69.0 Å². The largest absolute Gasteiger partial charge is 0.504 e. The maximum Gasteiger partial charge on any atom is 0.257 e. The number of ether oxygens (including phenoxy) is 12. The molecule has 12 heterocycles. The van der Waals surface area contributed by atoms with Crippen LogP contribution in [-0.4, -0.2) is 185 Å². The van der Waals surface area contributed by atoms with Gasteiger partial charge in [0.2, 0.25) is 0 Å². The Hall–Kier alpha value is -14.0. The van der Waals surface area contributed by atoms with Crippen LogP contribution >= 0.6 is 11.6 Å². The number of benzene rings is 8. The molecule has 4 aromatic heterocycles. The fourth-order valence-corrected chi connectivity index (χ4v) is 20.3. The number of aryl methyl sites for hydroxylation is 1. The van der Waals surface area contributed by atoms with Gasteiger partial charge in [0.25, 0.3) is 23.6 Å². The third-order valence-electron chi connectivity index (χ3n) is 27.4. The zero-order valence-electron chi connectivity index (χ0n) is 76.9. The smallest absolute Gasteiger partial charge is 0.257 e. The number of aromatic nitrogens is 5. The minimum absolute atomic E-state index is 0. The average Bonchev–Trinajstić information content (AvgIpc) is 1.62. The molecule has 21 rings (SSSR count). The Morgan fingerprint density at radius 2 is 0.985 bits per heavy atom. The van der Waals surface area contributed by atoms with E-state index in [0.29, 0.717) is 177 Å². The summed E-state index contributed by atoms with van der Waals surface area (Å²) in [4.78, 5) is 60.7. The first kappa shape index (κ1) is 90.6. The highest BCUT2D eigenvalue weighted by molar-refractivity contribution is 6.30. The Labute approximate surface area is 786 Å². The van der Waals surface area contributed by atoms with E-state index < -0.39 is 22.4 Å². The van der Waals surface area contributed by atoms with Crippen LogP contribution in [0.15, 0.2) is 219 Å². The number of hydrogen-bond acceptors (Lipinski definition) is 19. The molecule has 8 aliphatic heterocycles. The van der Waals surface area contributed by atoms with Gasteiger partial charge in [-0.05, 0) is 191 Å². The lowest BCUT2D eigenvalue weighted by molar-refractivity contribution is -0.00982. The SMILES string of the molecule is COc1cc(C(=O)N2CCC3(CC2)Oc2cc(Cl)ccc2-n2cccc23)ccc1OCC1CCCC1.COc1cc(C(=O)N2CCC3(CC2)Oc2ccccc2-n2c(C#N)ccc23)ccc1O.COc1cc(C(=O)N2CCC3(CC2)Oc2ccccc2-n2cccc23)ccc1OC[C@@H](C)OC.COc1ccc(C(=O)N2CCC3(CC2)Oc2ccccc2-c2c3cnn2C)c(OC(C)C)c1.[HH]. The lowest BCUT2D eigenvalue weighted by Gasteiger charge is -2.45. The zero-order valence-corrected chi connectivity index (χ0v) is 77.7. The highest BCUT2D eigenvalue weighted by atomic mass is 35.5. The van der Waals surface area contributed by atoms with E-state index in [1.807, 2.05) is 167 Å². The molecule has 1 atom stereocenters. The number of phenols is 1. The van der Waals surface area contributed by atoms with Crippen LogP contribution in [0.2, 0.25) is 5.02 Å². The number of carbonyl (C=O) groups is 4. The minimum atomic E-state index is -0.590. The summed E-state index contributed by atoms with van der Waals surface area (Å²) >= 11 is 6.26. The third kappa shape index (κ3) is 17.6. The summed E-state index contributed by atoms with van der Waals surface area (Å²) in [6.07, 6.45) is 16.5. The molecule has 134 heavy (non-hydrogen) atoms. The normalized spacial score (nSPS) is 16.9. The molecule has 0 radical (unpaired) electrons.